The minimum atomic E-state index is -0.666. The monoisotopic (exact) mass is 236 g/mol. The minimum absolute atomic E-state index is 0.00101. The van der Waals surface area contributed by atoms with E-state index in [1.807, 2.05) is 29.2 Å². The lowest BCUT2D eigenvalue weighted by molar-refractivity contribution is 0.0572. The highest BCUT2D eigenvalue weighted by molar-refractivity contribution is 5.56. The summed E-state index contributed by atoms with van der Waals surface area (Å²) in [6.45, 7) is 2.98. The summed E-state index contributed by atoms with van der Waals surface area (Å²) < 4.78 is 0. The van der Waals surface area contributed by atoms with Gasteiger partial charge in [0.05, 0.1) is 12.2 Å². The zero-order valence-electron chi connectivity index (χ0n) is 10.1. The van der Waals surface area contributed by atoms with Crippen LogP contribution in [0.15, 0.2) is 24.3 Å². The van der Waals surface area contributed by atoms with Gasteiger partial charge < -0.3 is 20.8 Å². The van der Waals surface area contributed by atoms with Gasteiger partial charge in [0.25, 0.3) is 0 Å². The van der Waals surface area contributed by atoms with Crippen molar-refractivity contribution in [2.24, 2.45) is 5.73 Å². The third-order valence-electron chi connectivity index (χ3n) is 3.38. The molecule has 94 valence electrons. The molecule has 17 heavy (non-hydrogen) atoms. The lowest BCUT2D eigenvalue weighted by Gasteiger charge is -2.23. The van der Waals surface area contributed by atoms with Crippen LogP contribution in [0.4, 0.5) is 5.69 Å². The van der Waals surface area contributed by atoms with Crippen LogP contribution in [0.3, 0.4) is 0 Å². The Bertz CT molecular complexity index is 373. The van der Waals surface area contributed by atoms with Crippen LogP contribution in [-0.2, 0) is 0 Å². The Morgan fingerprint density at radius 1 is 1.29 bits per heavy atom. The predicted molar refractivity (Wildman–Crippen MR) is 67.9 cm³/mol. The lowest BCUT2D eigenvalue weighted by atomic mass is 10.0. The normalized spacial score (nSPS) is 26.2. The lowest BCUT2D eigenvalue weighted by Crippen LogP contribution is -2.24. The molecule has 2 rings (SSSR count). The molecule has 1 saturated heterocycles. The van der Waals surface area contributed by atoms with Crippen molar-refractivity contribution in [2.75, 3.05) is 18.0 Å². The third-order valence-corrected chi connectivity index (χ3v) is 3.38. The Labute approximate surface area is 102 Å². The fourth-order valence-electron chi connectivity index (χ4n) is 2.28. The van der Waals surface area contributed by atoms with Crippen LogP contribution in [0, 0.1) is 0 Å². The Morgan fingerprint density at radius 3 is 2.47 bits per heavy atom. The molecule has 0 saturated carbocycles. The third kappa shape index (κ3) is 2.44. The highest BCUT2D eigenvalue weighted by Crippen LogP contribution is 2.29. The van der Waals surface area contributed by atoms with Gasteiger partial charge in [-0.2, -0.15) is 0 Å². The molecule has 1 fully saturated rings. The maximum Gasteiger partial charge on any atom is 0.0990 e. The molecule has 4 nitrogen and oxygen atoms in total. The molecule has 0 aromatic heterocycles. The second-order valence-corrected chi connectivity index (χ2v) is 4.61. The van der Waals surface area contributed by atoms with Crippen LogP contribution < -0.4 is 10.6 Å². The number of rotatable bonds is 3. The number of para-hydroxylation sites is 1. The van der Waals surface area contributed by atoms with Gasteiger partial charge >= 0.3 is 0 Å². The maximum atomic E-state index is 9.59. The van der Waals surface area contributed by atoms with Gasteiger partial charge in [-0.1, -0.05) is 25.1 Å². The number of hydrogen-bond donors (Lipinski definition) is 3. The molecule has 0 spiro atoms. The Balaban J connectivity index is 2.26. The van der Waals surface area contributed by atoms with Gasteiger partial charge in [-0.15, -0.1) is 0 Å². The number of aliphatic hydroxyl groups excluding tert-OH is 2. The van der Waals surface area contributed by atoms with Crippen LogP contribution in [0.5, 0.6) is 0 Å². The Morgan fingerprint density at radius 2 is 1.88 bits per heavy atom. The summed E-state index contributed by atoms with van der Waals surface area (Å²) in [5, 5.41) is 19.2. The van der Waals surface area contributed by atoms with Gasteiger partial charge in [0.1, 0.15) is 0 Å². The number of benzene rings is 1. The molecule has 4 N–H and O–H groups in total. The van der Waals surface area contributed by atoms with Crippen molar-refractivity contribution >= 4 is 5.69 Å². The van der Waals surface area contributed by atoms with Crippen molar-refractivity contribution < 1.29 is 10.2 Å². The van der Waals surface area contributed by atoms with E-state index in [0.717, 1.165) is 17.7 Å². The first-order chi connectivity index (χ1) is 8.13. The standard InChI is InChI=1S/C13H20N2O2/c1-2-10(14)9-5-3-4-6-11(9)15-7-12(16)13(17)8-15/h3-6,10,12-13,16-17H,2,7-8,14H2,1H3/t10-,12?,13?/m0/s1. The second-order valence-electron chi connectivity index (χ2n) is 4.61. The van der Waals surface area contributed by atoms with E-state index in [4.69, 9.17) is 5.73 Å². The molecule has 4 heteroatoms. The summed E-state index contributed by atoms with van der Waals surface area (Å²) in [5.74, 6) is 0. The molecular formula is C13H20N2O2. The average molecular weight is 236 g/mol. The molecule has 0 amide bonds. The van der Waals surface area contributed by atoms with E-state index in [0.29, 0.717) is 13.1 Å². The molecule has 1 heterocycles. The fourth-order valence-corrected chi connectivity index (χ4v) is 2.28. The molecule has 0 aliphatic carbocycles. The predicted octanol–water partition coefficient (Wildman–Crippen LogP) is 0.638. The molecule has 1 aliphatic rings. The number of nitrogens with zero attached hydrogens (tertiary/aromatic N) is 1. The number of hydrogen-bond acceptors (Lipinski definition) is 4. The maximum absolute atomic E-state index is 9.59. The zero-order valence-corrected chi connectivity index (χ0v) is 10.1. The van der Waals surface area contributed by atoms with E-state index in [1.54, 1.807) is 0 Å². The highest BCUT2D eigenvalue weighted by atomic mass is 16.3. The van der Waals surface area contributed by atoms with Crippen LogP contribution >= 0.6 is 0 Å². The molecule has 2 unspecified atom stereocenters. The fraction of sp³-hybridized carbons (Fsp3) is 0.538. The van der Waals surface area contributed by atoms with Gasteiger partial charge in [0.15, 0.2) is 0 Å². The van der Waals surface area contributed by atoms with E-state index in [2.05, 4.69) is 6.92 Å². The summed E-state index contributed by atoms with van der Waals surface area (Å²) in [6, 6.07) is 7.94. The number of β-amino-alcohol motifs (C(OH)–C–C–N with tert-alkyl or cyclic N) is 2. The molecule has 3 atom stereocenters. The van der Waals surface area contributed by atoms with Crippen molar-refractivity contribution in [3.63, 3.8) is 0 Å². The van der Waals surface area contributed by atoms with Crippen LogP contribution in [0.1, 0.15) is 24.9 Å². The van der Waals surface area contributed by atoms with Crippen molar-refractivity contribution in [2.45, 2.75) is 31.6 Å². The quantitative estimate of drug-likeness (QED) is 0.720. The van der Waals surface area contributed by atoms with Crippen LogP contribution in [-0.4, -0.2) is 35.5 Å². The van der Waals surface area contributed by atoms with Crippen LogP contribution in [0.2, 0.25) is 0 Å². The first kappa shape index (κ1) is 12.4. The number of nitrogens with two attached hydrogens (primary N) is 1. The minimum Gasteiger partial charge on any atom is -0.389 e. The Hall–Kier alpha value is -1.10. The van der Waals surface area contributed by atoms with Crippen molar-refractivity contribution in [3.05, 3.63) is 29.8 Å². The summed E-state index contributed by atoms with van der Waals surface area (Å²) >= 11 is 0. The van der Waals surface area contributed by atoms with Gasteiger partial charge in [0, 0.05) is 24.8 Å². The number of aliphatic hydroxyl groups is 2. The molecule has 1 aliphatic heterocycles. The average Bonchev–Trinajstić information content (AvgIpc) is 2.68. The van der Waals surface area contributed by atoms with Gasteiger partial charge in [0.2, 0.25) is 0 Å². The second kappa shape index (κ2) is 5.04. The molecule has 0 radical (unpaired) electrons. The molecule has 1 aromatic carbocycles. The highest BCUT2D eigenvalue weighted by Gasteiger charge is 2.30. The zero-order chi connectivity index (χ0) is 12.4. The van der Waals surface area contributed by atoms with E-state index < -0.39 is 12.2 Å². The van der Waals surface area contributed by atoms with E-state index >= 15 is 0 Å². The summed E-state index contributed by atoms with van der Waals surface area (Å²) in [6.07, 6.45) is -0.461. The van der Waals surface area contributed by atoms with Crippen molar-refractivity contribution in [1.82, 2.24) is 0 Å². The molecule has 0 bridgehead atoms. The first-order valence-electron chi connectivity index (χ1n) is 6.09. The Kier molecular flexibility index (Phi) is 3.66. The topological polar surface area (TPSA) is 69.7 Å². The van der Waals surface area contributed by atoms with Crippen molar-refractivity contribution in [3.8, 4) is 0 Å². The summed E-state index contributed by atoms with van der Waals surface area (Å²) in [7, 11) is 0. The van der Waals surface area contributed by atoms with E-state index in [9.17, 15) is 10.2 Å². The molecule has 1 aromatic rings. The largest absolute Gasteiger partial charge is 0.389 e. The van der Waals surface area contributed by atoms with Crippen LogP contribution in [0.25, 0.3) is 0 Å². The van der Waals surface area contributed by atoms with Crippen molar-refractivity contribution in [1.29, 1.82) is 0 Å². The van der Waals surface area contributed by atoms with E-state index in [-0.39, 0.29) is 6.04 Å². The smallest absolute Gasteiger partial charge is 0.0990 e. The number of anilines is 1. The summed E-state index contributed by atoms with van der Waals surface area (Å²) in [5.41, 5.74) is 8.19. The van der Waals surface area contributed by atoms with E-state index in [1.165, 1.54) is 0 Å². The first-order valence-corrected chi connectivity index (χ1v) is 6.09. The van der Waals surface area contributed by atoms with Gasteiger partial charge in [-0.05, 0) is 18.1 Å². The van der Waals surface area contributed by atoms with Gasteiger partial charge in [-0.25, -0.2) is 0 Å². The molecular weight excluding hydrogens is 216 g/mol. The van der Waals surface area contributed by atoms with Gasteiger partial charge in [-0.3, -0.25) is 0 Å². The summed E-state index contributed by atoms with van der Waals surface area (Å²) in [4.78, 5) is 2.00. The SMILES string of the molecule is CC[C@H](N)c1ccccc1N1CC(O)C(O)C1.